The van der Waals surface area contributed by atoms with Crippen molar-refractivity contribution in [2.24, 2.45) is 5.84 Å². The molecule has 0 amide bonds. The first-order valence-electron chi connectivity index (χ1n) is 3.87. The Balaban J connectivity index is 3.17. The predicted octanol–water partition coefficient (Wildman–Crippen LogP) is 0.180. The molecule has 3 N–H and O–H groups in total. The van der Waals surface area contributed by atoms with Gasteiger partial charge in [-0.3, -0.25) is 5.84 Å². The van der Waals surface area contributed by atoms with Crippen LogP contribution in [0.25, 0.3) is 0 Å². The molecule has 3 nitrogen and oxygen atoms in total. The Bertz CT molecular complexity index is 65.3. The van der Waals surface area contributed by atoms with E-state index in [1.54, 1.807) is 0 Å². The van der Waals surface area contributed by atoms with Gasteiger partial charge in [0.15, 0.2) is 0 Å². The maximum Gasteiger partial charge on any atom is 0.0143 e. The van der Waals surface area contributed by atoms with E-state index in [0.29, 0.717) is 6.04 Å². The van der Waals surface area contributed by atoms with E-state index in [1.165, 1.54) is 0 Å². The first kappa shape index (κ1) is 9.88. The maximum atomic E-state index is 5.58. The van der Waals surface area contributed by atoms with Gasteiger partial charge in [0.05, 0.1) is 0 Å². The number of nitrogens with one attached hydrogen (secondary N) is 1. The average molecular weight is 145 g/mol. The van der Waals surface area contributed by atoms with Crippen LogP contribution < -0.4 is 11.2 Å². The van der Waals surface area contributed by atoms with Crippen molar-refractivity contribution in [1.82, 2.24) is 10.3 Å². The zero-order chi connectivity index (χ0) is 7.98. The topological polar surface area (TPSA) is 41.3 Å². The van der Waals surface area contributed by atoms with Gasteiger partial charge in [-0.2, -0.15) is 0 Å². The highest BCUT2D eigenvalue weighted by Crippen LogP contribution is 1.89. The van der Waals surface area contributed by atoms with Crippen molar-refractivity contribution in [3.8, 4) is 0 Å². The van der Waals surface area contributed by atoms with E-state index in [9.17, 15) is 0 Å². The second-order valence-electron chi connectivity index (χ2n) is 2.61. The molecule has 0 bridgehead atoms. The number of nitrogens with zero attached hydrogens (tertiary/aromatic N) is 1. The van der Waals surface area contributed by atoms with E-state index < -0.39 is 0 Å². The van der Waals surface area contributed by atoms with Crippen LogP contribution in [-0.2, 0) is 0 Å². The summed E-state index contributed by atoms with van der Waals surface area (Å²) in [6.45, 7) is 6.11. The van der Waals surface area contributed by atoms with Crippen molar-refractivity contribution in [2.75, 3.05) is 20.1 Å². The first-order chi connectivity index (χ1) is 4.70. The quantitative estimate of drug-likeness (QED) is 0.428. The Morgan fingerprint density at radius 1 is 1.60 bits per heavy atom. The molecule has 0 heterocycles. The van der Waals surface area contributed by atoms with Crippen LogP contribution in [0.3, 0.4) is 0 Å². The van der Waals surface area contributed by atoms with Crippen LogP contribution in [0.5, 0.6) is 0 Å². The molecule has 0 aromatic rings. The highest BCUT2D eigenvalue weighted by atomic mass is 15.4. The van der Waals surface area contributed by atoms with Crippen LogP contribution in [-0.4, -0.2) is 31.2 Å². The van der Waals surface area contributed by atoms with E-state index in [2.05, 4.69) is 19.2 Å². The van der Waals surface area contributed by atoms with Crippen LogP contribution in [0.15, 0.2) is 0 Å². The molecule has 0 aliphatic carbocycles. The summed E-state index contributed by atoms with van der Waals surface area (Å²) in [4.78, 5) is 0. The fourth-order valence-corrected chi connectivity index (χ4v) is 0.662. The van der Waals surface area contributed by atoms with Crippen molar-refractivity contribution in [2.45, 2.75) is 26.3 Å². The maximum absolute atomic E-state index is 5.58. The number of nitrogens with two attached hydrogens (primary N) is 1. The molecule has 3 heteroatoms. The van der Waals surface area contributed by atoms with Crippen molar-refractivity contribution < 1.29 is 0 Å². The minimum Gasteiger partial charge on any atom is -0.317 e. The summed E-state index contributed by atoms with van der Waals surface area (Å²) in [6.07, 6.45) is 1.11. The Labute approximate surface area is 63.5 Å². The predicted molar refractivity (Wildman–Crippen MR) is 44.6 cm³/mol. The molecule has 0 radical (unpaired) electrons. The molecular formula is C7H19N3. The molecule has 1 unspecified atom stereocenters. The SMILES string of the molecule is CCN(N)CCC(C)NC. The highest BCUT2D eigenvalue weighted by Gasteiger charge is 1.99. The van der Waals surface area contributed by atoms with Gasteiger partial charge in [0.25, 0.3) is 0 Å². The van der Waals surface area contributed by atoms with Gasteiger partial charge in [0, 0.05) is 19.1 Å². The normalized spacial score (nSPS) is 14.1. The van der Waals surface area contributed by atoms with Crippen LogP contribution in [0.1, 0.15) is 20.3 Å². The number of rotatable bonds is 5. The molecule has 0 aliphatic rings. The lowest BCUT2D eigenvalue weighted by atomic mass is 10.2. The van der Waals surface area contributed by atoms with Crippen LogP contribution >= 0.6 is 0 Å². The summed E-state index contributed by atoms with van der Waals surface area (Å²) in [5, 5.41) is 4.99. The van der Waals surface area contributed by atoms with Crippen molar-refractivity contribution in [3.05, 3.63) is 0 Å². The molecule has 0 rings (SSSR count). The second kappa shape index (κ2) is 5.65. The Morgan fingerprint density at radius 3 is 2.60 bits per heavy atom. The number of hydrazine groups is 1. The van der Waals surface area contributed by atoms with Crippen LogP contribution in [0.2, 0.25) is 0 Å². The minimum absolute atomic E-state index is 0.567. The fraction of sp³-hybridized carbons (Fsp3) is 1.00. The molecule has 0 spiro atoms. The van der Waals surface area contributed by atoms with Crippen LogP contribution in [0.4, 0.5) is 0 Å². The molecule has 0 saturated carbocycles. The second-order valence-corrected chi connectivity index (χ2v) is 2.61. The molecule has 0 aliphatic heterocycles. The molecule has 0 fully saturated rings. The minimum atomic E-state index is 0.567. The molecule has 0 aromatic carbocycles. The molecular weight excluding hydrogens is 126 g/mol. The summed E-state index contributed by atoms with van der Waals surface area (Å²) in [6, 6.07) is 0.567. The Morgan fingerprint density at radius 2 is 2.20 bits per heavy atom. The van der Waals surface area contributed by atoms with Gasteiger partial charge in [0.2, 0.25) is 0 Å². The van der Waals surface area contributed by atoms with Crippen molar-refractivity contribution in [3.63, 3.8) is 0 Å². The molecule has 0 saturated heterocycles. The summed E-state index contributed by atoms with van der Waals surface area (Å²) < 4.78 is 0. The summed E-state index contributed by atoms with van der Waals surface area (Å²) in [7, 11) is 1.97. The highest BCUT2D eigenvalue weighted by molar-refractivity contribution is 4.58. The smallest absolute Gasteiger partial charge is 0.0143 e. The lowest BCUT2D eigenvalue weighted by Gasteiger charge is -2.16. The van der Waals surface area contributed by atoms with Gasteiger partial charge >= 0.3 is 0 Å². The third-order valence-electron chi connectivity index (χ3n) is 1.75. The standard InChI is InChI=1S/C7H19N3/c1-4-10(8)6-5-7(2)9-3/h7,9H,4-6,8H2,1-3H3. The largest absolute Gasteiger partial charge is 0.317 e. The van der Waals surface area contributed by atoms with E-state index in [0.717, 1.165) is 19.5 Å². The zero-order valence-electron chi connectivity index (χ0n) is 7.22. The van der Waals surface area contributed by atoms with Gasteiger partial charge < -0.3 is 5.32 Å². The van der Waals surface area contributed by atoms with Crippen LogP contribution in [0, 0.1) is 0 Å². The lowest BCUT2D eigenvalue weighted by molar-refractivity contribution is 0.282. The summed E-state index contributed by atoms with van der Waals surface area (Å²) >= 11 is 0. The molecule has 62 valence electrons. The summed E-state index contributed by atoms with van der Waals surface area (Å²) in [5.74, 6) is 5.58. The monoisotopic (exact) mass is 145 g/mol. The Hall–Kier alpha value is -0.120. The van der Waals surface area contributed by atoms with Crippen molar-refractivity contribution in [1.29, 1.82) is 0 Å². The third-order valence-corrected chi connectivity index (χ3v) is 1.75. The average Bonchev–Trinajstić information content (AvgIpc) is 1.99. The van der Waals surface area contributed by atoms with Crippen molar-refractivity contribution >= 4 is 0 Å². The Kier molecular flexibility index (Phi) is 5.58. The first-order valence-corrected chi connectivity index (χ1v) is 3.87. The third kappa shape index (κ3) is 4.73. The molecule has 1 atom stereocenters. The summed E-state index contributed by atoms with van der Waals surface area (Å²) in [5.41, 5.74) is 0. The van der Waals surface area contributed by atoms with Gasteiger partial charge in [-0.25, -0.2) is 5.01 Å². The fourth-order valence-electron chi connectivity index (χ4n) is 0.662. The van der Waals surface area contributed by atoms with E-state index >= 15 is 0 Å². The zero-order valence-corrected chi connectivity index (χ0v) is 7.22. The number of hydrogen-bond acceptors (Lipinski definition) is 3. The van der Waals surface area contributed by atoms with Gasteiger partial charge in [-0.05, 0) is 20.4 Å². The van der Waals surface area contributed by atoms with Gasteiger partial charge in [0.1, 0.15) is 0 Å². The molecule has 10 heavy (non-hydrogen) atoms. The van der Waals surface area contributed by atoms with E-state index in [1.807, 2.05) is 12.1 Å². The number of hydrogen-bond donors (Lipinski definition) is 2. The van der Waals surface area contributed by atoms with Gasteiger partial charge in [-0.1, -0.05) is 6.92 Å². The van der Waals surface area contributed by atoms with Gasteiger partial charge in [-0.15, -0.1) is 0 Å². The molecule has 0 aromatic heterocycles. The lowest BCUT2D eigenvalue weighted by Crippen LogP contribution is -2.35. The van der Waals surface area contributed by atoms with E-state index in [4.69, 9.17) is 5.84 Å². The van der Waals surface area contributed by atoms with E-state index in [-0.39, 0.29) is 0 Å².